The summed E-state index contributed by atoms with van der Waals surface area (Å²) in [6.45, 7) is 5.73. The summed E-state index contributed by atoms with van der Waals surface area (Å²) in [6.07, 6.45) is 0.141. The van der Waals surface area contributed by atoms with Crippen LogP contribution in [-0.4, -0.2) is 23.5 Å². The van der Waals surface area contributed by atoms with Gasteiger partial charge in [-0.1, -0.05) is 13.8 Å². The predicted octanol–water partition coefficient (Wildman–Crippen LogP) is 1.84. The van der Waals surface area contributed by atoms with Gasteiger partial charge in [0.05, 0.1) is 18.7 Å². The van der Waals surface area contributed by atoms with Gasteiger partial charge in [-0.3, -0.25) is 9.59 Å². The Labute approximate surface area is 104 Å². The Morgan fingerprint density at radius 3 is 2.82 bits per heavy atom. The number of carbonyl (C=O) groups is 2. The third-order valence-electron chi connectivity index (χ3n) is 1.94. The van der Waals surface area contributed by atoms with Gasteiger partial charge in [0.1, 0.15) is 0 Å². The molecule has 1 aromatic rings. The highest BCUT2D eigenvalue weighted by Crippen LogP contribution is 2.16. The lowest BCUT2D eigenvalue weighted by atomic mass is 10.2. The number of thiazole rings is 1. The first-order valence-electron chi connectivity index (χ1n) is 5.43. The Balaban J connectivity index is 2.53. The highest BCUT2D eigenvalue weighted by molar-refractivity contribution is 7.13. The molecule has 1 aromatic heterocycles. The smallest absolute Gasteiger partial charge is 0.311 e. The Morgan fingerprint density at radius 1 is 1.53 bits per heavy atom. The van der Waals surface area contributed by atoms with Crippen LogP contribution >= 0.6 is 11.3 Å². The summed E-state index contributed by atoms with van der Waals surface area (Å²) in [5.41, 5.74) is 0.618. The third-order valence-corrected chi connectivity index (χ3v) is 2.74. The summed E-state index contributed by atoms with van der Waals surface area (Å²) < 4.78 is 4.81. The van der Waals surface area contributed by atoms with E-state index < -0.39 is 0 Å². The van der Waals surface area contributed by atoms with E-state index in [-0.39, 0.29) is 24.2 Å². The molecular weight excluding hydrogens is 240 g/mol. The average molecular weight is 256 g/mol. The van der Waals surface area contributed by atoms with Crippen molar-refractivity contribution in [2.45, 2.75) is 27.2 Å². The molecule has 0 atom stereocenters. The number of esters is 1. The van der Waals surface area contributed by atoms with Crippen LogP contribution in [0.2, 0.25) is 0 Å². The van der Waals surface area contributed by atoms with Gasteiger partial charge in [-0.2, -0.15) is 0 Å². The second-order valence-electron chi connectivity index (χ2n) is 3.77. The molecule has 0 aromatic carbocycles. The van der Waals surface area contributed by atoms with Gasteiger partial charge in [-0.15, -0.1) is 11.3 Å². The SMILES string of the molecule is CCOC(=O)Cc1csc(NC(=O)C(C)C)n1. The quantitative estimate of drug-likeness (QED) is 0.816. The van der Waals surface area contributed by atoms with Gasteiger partial charge in [0.15, 0.2) is 5.13 Å². The number of hydrogen-bond acceptors (Lipinski definition) is 5. The molecule has 0 aliphatic carbocycles. The predicted molar refractivity (Wildman–Crippen MR) is 65.9 cm³/mol. The number of anilines is 1. The van der Waals surface area contributed by atoms with E-state index in [2.05, 4.69) is 10.3 Å². The molecule has 94 valence electrons. The number of hydrogen-bond donors (Lipinski definition) is 1. The van der Waals surface area contributed by atoms with E-state index in [0.29, 0.717) is 17.4 Å². The molecule has 0 aliphatic heterocycles. The van der Waals surface area contributed by atoms with Crippen molar-refractivity contribution < 1.29 is 14.3 Å². The number of aromatic nitrogens is 1. The first-order valence-corrected chi connectivity index (χ1v) is 6.31. The average Bonchev–Trinajstić information content (AvgIpc) is 2.65. The lowest BCUT2D eigenvalue weighted by Crippen LogP contribution is -2.17. The maximum Gasteiger partial charge on any atom is 0.311 e. The van der Waals surface area contributed by atoms with Crippen LogP contribution in [0.4, 0.5) is 5.13 Å². The van der Waals surface area contributed by atoms with Crippen LogP contribution in [0, 0.1) is 5.92 Å². The van der Waals surface area contributed by atoms with E-state index in [9.17, 15) is 9.59 Å². The first-order chi connectivity index (χ1) is 8.02. The Hall–Kier alpha value is -1.43. The number of carbonyl (C=O) groups excluding carboxylic acids is 2. The second kappa shape index (κ2) is 6.34. The molecule has 1 N–H and O–H groups in total. The van der Waals surface area contributed by atoms with Gasteiger partial charge in [-0.25, -0.2) is 4.98 Å². The molecule has 1 amide bonds. The zero-order chi connectivity index (χ0) is 12.8. The minimum absolute atomic E-state index is 0.0814. The van der Waals surface area contributed by atoms with Crippen molar-refractivity contribution in [3.05, 3.63) is 11.1 Å². The number of rotatable bonds is 5. The van der Waals surface area contributed by atoms with Crippen LogP contribution in [0.1, 0.15) is 26.5 Å². The molecule has 6 heteroatoms. The molecule has 0 fully saturated rings. The maximum absolute atomic E-state index is 11.4. The summed E-state index contributed by atoms with van der Waals surface area (Å²) >= 11 is 1.30. The molecule has 0 unspecified atom stereocenters. The molecule has 0 aliphatic rings. The summed E-state index contributed by atoms with van der Waals surface area (Å²) in [5, 5.41) is 4.94. The molecule has 17 heavy (non-hydrogen) atoms. The molecule has 0 bridgehead atoms. The van der Waals surface area contributed by atoms with Gasteiger partial charge >= 0.3 is 5.97 Å². The van der Waals surface area contributed by atoms with Gasteiger partial charge < -0.3 is 10.1 Å². The van der Waals surface area contributed by atoms with Crippen molar-refractivity contribution in [3.8, 4) is 0 Å². The molecule has 0 saturated heterocycles. The fourth-order valence-corrected chi connectivity index (χ4v) is 1.77. The normalized spacial score (nSPS) is 10.4. The fourth-order valence-electron chi connectivity index (χ4n) is 1.06. The van der Waals surface area contributed by atoms with E-state index in [1.54, 1.807) is 12.3 Å². The van der Waals surface area contributed by atoms with E-state index in [1.165, 1.54) is 11.3 Å². The summed E-state index contributed by atoms with van der Waals surface area (Å²) in [6, 6.07) is 0. The lowest BCUT2D eigenvalue weighted by Gasteiger charge is -2.03. The Morgan fingerprint density at radius 2 is 2.24 bits per heavy atom. The monoisotopic (exact) mass is 256 g/mol. The number of nitrogens with one attached hydrogen (secondary N) is 1. The molecule has 5 nitrogen and oxygen atoms in total. The van der Waals surface area contributed by atoms with Crippen molar-refractivity contribution in [3.63, 3.8) is 0 Å². The van der Waals surface area contributed by atoms with Crippen LogP contribution in [-0.2, 0) is 20.7 Å². The van der Waals surface area contributed by atoms with Crippen molar-refractivity contribution in [1.29, 1.82) is 0 Å². The Bertz CT molecular complexity index is 401. The van der Waals surface area contributed by atoms with Crippen molar-refractivity contribution in [2.75, 3.05) is 11.9 Å². The molecule has 1 rings (SSSR count). The number of nitrogens with zero attached hydrogens (tertiary/aromatic N) is 1. The maximum atomic E-state index is 11.4. The number of ether oxygens (including phenoxy) is 1. The highest BCUT2D eigenvalue weighted by Gasteiger charge is 2.12. The summed E-state index contributed by atoms with van der Waals surface area (Å²) in [7, 11) is 0. The summed E-state index contributed by atoms with van der Waals surface area (Å²) in [4.78, 5) is 26.8. The van der Waals surface area contributed by atoms with E-state index in [0.717, 1.165) is 0 Å². The van der Waals surface area contributed by atoms with Gasteiger partial charge in [0, 0.05) is 11.3 Å². The van der Waals surface area contributed by atoms with Gasteiger partial charge in [0.25, 0.3) is 0 Å². The third kappa shape index (κ3) is 4.52. The van der Waals surface area contributed by atoms with Crippen LogP contribution in [0.15, 0.2) is 5.38 Å². The van der Waals surface area contributed by atoms with Crippen molar-refractivity contribution in [2.24, 2.45) is 5.92 Å². The van der Waals surface area contributed by atoms with Crippen molar-refractivity contribution in [1.82, 2.24) is 4.98 Å². The zero-order valence-electron chi connectivity index (χ0n) is 10.1. The van der Waals surface area contributed by atoms with Crippen LogP contribution in [0.5, 0.6) is 0 Å². The minimum Gasteiger partial charge on any atom is -0.466 e. The van der Waals surface area contributed by atoms with Crippen LogP contribution < -0.4 is 5.32 Å². The molecule has 0 saturated carbocycles. The summed E-state index contributed by atoms with van der Waals surface area (Å²) in [5.74, 6) is -0.478. The van der Waals surface area contributed by atoms with Gasteiger partial charge in [0.2, 0.25) is 5.91 Å². The lowest BCUT2D eigenvalue weighted by molar-refractivity contribution is -0.142. The minimum atomic E-state index is -0.306. The number of amides is 1. The van der Waals surface area contributed by atoms with Crippen LogP contribution in [0.3, 0.4) is 0 Å². The largest absolute Gasteiger partial charge is 0.466 e. The second-order valence-corrected chi connectivity index (χ2v) is 4.63. The molecular formula is C11H16N2O3S. The fraction of sp³-hybridized carbons (Fsp3) is 0.545. The standard InChI is InChI=1S/C11H16N2O3S/c1-4-16-9(14)5-8-6-17-11(12-8)13-10(15)7(2)3/h6-7H,4-5H2,1-3H3,(H,12,13,15). The molecule has 0 spiro atoms. The first kappa shape index (κ1) is 13.6. The van der Waals surface area contributed by atoms with E-state index in [4.69, 9.17) is 4.74 Å². The van der Waals surface area contributed by atoms with E-state index in [1.807, 2.05) is 13.8 Å². The topological polar surface area (TPSA) is 68.3 Å². The Kier molecular flexibility index (Phi) is 5.09. The van der Waals surface area contributed by atoms with Crippen molar-refractivity contribution >= 4 is 28.3 Å². The van der Waals surface area contributed by atoms with Crippen LogP contribution in [0.25, 0.3) is 0 Å². The highest BCUT2D eigenvalue weighted by atomic mass is 32.1. The van der Waals surface area contributed by atoms with E-state index >= 15 is 0 Å². The molecule has 0 radical (unpaired) electrons. The molecule has 1 heterocycles. The van der Waals surface area contributed by atoms with Gasteiger partial charge in [-0.05, 0) is 6.92 Å². The zero-order valence-corrected chi connectivity index (χ0v) is 11.0.